The Balaban J connectivity index is 1.77. The molecule has 5 nitrogen and oxygen atoms in total. The van der Waals surface area contributed by atoms with Gasteiger partial charge in [-0.3, -0.25) is 4.79 Å². The molecule has 3 aromatic rings. The third-order valence-electron chi connectivity index (χ3n) is 3.86. The van der Waals surface area contributed by atoms with E-state index in [9.17, 15) is 4.79 Å². The van der Waals surface area contributed by atoms with Crippen LogP contribution in [0.2, 0.25) is 0 Å². The third kappa shape index (κ3) is 3.04. The monoisotopic (exact) mass is 308 g/mol. The molecule has 0 saturated heterocycles. The molecular weight excluding hydrogens is 288 g/mol. The van der Waals surface area contributed by atoms with Crippen LogP contribution >= 0.6 is 0 Å². The highest BCUT2D eigenvalue weighted by atomic mass is 16.1. The van der Waals surface area contributed by atoms with Crippen LogP contribution in [0.15, 0.2) is 48.5 Å². The lowest BCUT2D eigenvalue weighted by molar-refractivity contribution is 0.0963. The number of aromatic nitrogens is 2. The first-order valence-corrected chi connectivity index (χ1v) is 7.73. The molecule has 23 heavy (non-hydrogen) atoms. The van der Waals surface area contributed by atoms with Crippen LogP contribution < -0.4 is 10.6 Å². The van der Waals surface area contributed by atoms with Crippen molar-refractivity contribution in [2.45, 2.75) is 20.0 Å². The number of para-hydroxylation sites is 2. The first-order valence-electron chi connectivity index (χ1n) is 7.73. The fourth-order valence-electron chi connectivity index (χ4n) is 2.63. The molecule has 0 aliphatic carbocycles. The Bertz CT molecular complexity index is 821. The Hall–Kier alpha value is -2.82. The van der Waals surface area contributed by atoms with E-state index >= 15 is 0 Å². The fourth-order valence-corrected chi connectivity index (χ4v) is 2.63. The molecule has 0 atom stereocenters. The second-order valence-electron chi connectivity index (χ2n) is 5.30. The van der Waals surface area contributed by atoms with Crippen molar-refractivity contribution >= 4 is 22.9 Å². The lowest BCUT2D eigenvalue weighted by Gasteiger charge is -2.09. The van der Waals surface area contributed by atoms with E-state index in [0.717, 1.165) is 29.1 Å². The second kappa shape index (κ2) is 6.52. The number of aryl methyl sites for hydroxylation is 1. The number of anilines is 1. The van der Waals surface area contributed by atoms with Crippen molar-refractivity contribution in [3.8, 4) is 0 Å². The number of benzene rings is 2. The molecule has 0 aliphatic heterocycles. The Kier molecular flexibility index (Phi) is 4.28. The predicted molar refractivity (Wildman–Crippen MR) is 92.6 cm³/mol. The summed E-state index contributed by atoms with van der Waals surface area (Å²) in [5.74, 6) is 0.793. The Labute approximate surface area is 135 Å². The minimum absolute atomic E-state index is 0.0720. The van der Waals surface area contributed by atoms with Crippen molar-refractivity contribution in [2.24, 2.45) is 0 Å². The standard InChI is InChI=1S/C18H20N4O/c1-3-22-16-7-5-4-6-15(16)21-18(22)20-12-13-8-10-14(11-9-13)17(23)19-2/h4-11H,3,12H2,1-2H3,(H,19,23)(H,20,21). The predicted octanol–water partition coefficient (Wildman–Crippen LogP) is 3.03. The quantitative estimate of drug-likeness (QED) is 0.761. The number of imidazole rings is 1. The molecule has 0 bridgehead atoms. The lowest BCUT2D eigenvalue weighted by atomic mass is 10.1. The van der Waals surface area contributed by atoms with Gasteiger partial charge in [-0.15, -0.1) is 0 Å². The molecule has 0 saturated carbocycles. The van der Waals surface area contributed by atoms with Crippen LogP contribution in [0, 0.1) is 0 Å². The van der Waals surface area contributed by atoms with Crippen molar-refractivity contribution in [1.82, 2.24) is 14.9 Å². The third-order valence-corrected chi connectivity index (χ3v) is 3.86. The average Bonchev–Trinajstić information content (AvgIpc) is 2.97. The summed E-state index contributed by atoms with van der Waals surface area (Å²) in [5.41, 5.74) is 3.89. The van der Waals surface area contributed by atoms with Crippen molar-refractivity contribution in [3.63, 3.8) is 0 Å². The Morgan fingerprint density at radius 2 is 1.87 bits per heavy atom. The van der Waals surface area contributed by atoms with Gasteiger partial charge >= 0.3 is 0 Å². The molecule has 5 heteroatoms. The van der Waals surface area contributed by atoms with E-state index in [1.165, 1.54) is 0 Å². The first kappa shape index (κ1) is 15.1. The molecular formula is C18H20N4O. The van der Waals surface area contributed by atoms with E-state index in [2.05, 4.69) is 33.2 Å². The van der Waals surface area contributed by atoms with Crippen LogP contribution in [0.25, 0.3) is 11.0 Å². The summed E-state index contributed by atoms with van der Waals surface area (Å²) in [4.78, 5) is 16.2. The molecule has 0 radical (unpaired) electrons. The highest BCUT2D eigenvalue weighted by Gasteiger charge is 2.08. The Morgan fingerprint density at radius 3 is 2.57 bits per heavy atom. The van der Waals surface area contributed by atoms with Gasteiger partial charge in [-0.2, -0.15) is 0 Å². The van der Waals surface area contributed by atoms with E-state index in [1.807, 2.05) is 42.5 Å². The molecule has 3 rings (SSSR count). The molecule has 1 heterocycles. The topological polar surface area (TPSA) is 59.0 Å². The van der Waals surface area contributed by atoms with Gasteiger partial charge in [-0.05, 0) is 36.8 Å². The number of amides is 1. The summed E-state index contributed by atoms with van der Waals surface area (Å²) < 4.78 is 2.16. The van der Waals surface area contributed by atoms with Crippen LogP contribution in [0.5, 0.6) is 0 Å². The zero-order valence-corrected chi connectivity index (χ0v) is 13.3. The summed E-state index contributed by atoms with van der Waals surface area (Å²) in [7, 11) is 1.63. The van der Waals surface area contributed by atoms with Crippen molar-refractivity contribution in [1.29, 1.82) is 0 Å². The highest BCUT2D eigenvalue weighted by molar-refractivity contribution is 5.93. The van der Waals surface area contributed by atoms with Gasteiger partial charge in [0, 0.05) is 25.7 Å². The van der Waals surface area contributed by atoms with Gasteiger partial charge in [0.1, 0.15) is 0 Å². The number of fused-ring (bicyclic) bond motifs is 1. The van der Waals surface area contributed by atoms with Gasteiger partial charge in [0.2, 0.25) is 5.95 Å². The minimum atomic E-state index is -0.0720. The maximum absolute atomic E-state index is 11.5. The molecule has 0 fully saturated rings. The maximum atomic E-state index is 11.5. The van der Waals surface area contributed by atoms with Crippen molar-refractivity contribution in [3.05, 3.63) is 59.7 Å². The second-order valence-corrected chi connectivity index (χ2v) is 5.30. The van der Waals surface area contributed by atoms with Gasteiger partial charge < -0.3 is 15.2 Å². The van der Waals surface area contributed by atoms with Gasteiger partial charge in [-0.25, -0.2) is 4.98 Å². The number of carbonyl (C=O) groups excluding carboxylic acids is 1. The van der Waals surface area contributed by atoms with Crippen molar-refractivity contribution in [2.75, 3.05) is 12.4 Å². The van der Waals surface area contributed by atoms with E-state index < -0.39 is 0 Å². The number of nitrogens with zero attached hydrogens (tertiary/aromatic N) is 2. The molecule has 2 N–H and O–H groups in total. The normalized spacial score (nSPS) is 10.7. The van der Waals surface area contributed by atoms with Crippen LogP contribution in [-0.2, 0) is 13.1 Å². The molecule has 0 aliphatic rings. The smallest absolute Gasteiger partial charge is 0.251 e. The molecule has 0 unspecified atom stereocenters. The van der Waals surface area contributed by atoms with Crippen molar-refractivity contribution < 1.29 is 4.79 Å². The number of hydrogen-bond donors (Lipinski definition) is 2. The SMILES string of the molecule is CCn1c(NCc2ccc(C(=O)NC)cc2)nc2ccccc21. The van der Waals surface area contributed by atoms with E-state index in [1.54, 1.807) is 7.05 Å². The van der Waals surface area contributed by atoms with Crippen LogP contribution in [0.3, 0.4) is 0 Å². The summed E-state index contributed by atoms with van der Waals surface area (Å²) in [6, 6.07) is 15.7. The first-order chi connectivity index (χ1) is 11.2. The van der Waals surface area contributed by atoms with Gasteiger partial charge in [0.25, 0.3) is 5.91 Å². The Morgan fingerprint density at radius 1 is 1.13 bits per heavy atom. The summed E-state index contributed by atoms with van der Waals surface area (Å²) in [6.45, 7) is 3.63. The number of nitrogens with one attached hydrogen (secondary N) is 2. The van der Waals surface area contributed by atoms with Crippen LogP contribution in [0.1, 0.15) is 22.8 Å². The van der Waals surface area contributed by atoms with Crippen LogP contribution in [0.4, 0.5) is 5.95 Å². The number of carbonyl (C=O) groups is 1. The van der Waals surface area contributed by atoms with Gasteiger partial charge in [0.05, 0.1) is 11.0 Å². The highest BCUT2D eigenvalue weighted by Crippen LogP contribution is 2.19. The fraction of sp³-hybridized carbons (Fsp3) is 0.222. The molecule has 1 amide bonds. The molecule has 2 aromatic carbocycles. The van der Waals surface area contributed by atoms with Gasteiger partial charge in [-0.1, -0.05) is 24.3 Å². The summed E-state index contributed by atoms with van der Waals surface area (Å²) in [6.07, 6.45) is 0. The number of rotatable bonds is 5. The summed E-state index contributed by atoms with van der Waals surface area (Å²) in [5, 5.41) is 6.00. The minimum Gasteiger partial charge on any atom is -0.355 e. The molecule has 1 aromatic heterocycles. The van der Waals surface area contributed by atoms with E-state index in [4.69, 9.17) is 0 Å². The summed E-state index contributed by atoms with van der Waals surface area (Å²) >= 11 is 0. The zero-order chi connectivity index (χ0) is 16.2. The largest absolute Gasteiger partial charge is 0.355 e. The number of hydrogen-bond acceptors (Lipinski definition) is 3. The molecule has 0 spiro atoms. The zero-order valence-electron chi connectivity index (χ0n) is 13.3. The van der Waals surface area contributed by atoms with Crippen LogP contribution in [-0.4, -0.2) is 22.5 Å². The molecule has 118 valence electrons. The van der Waals surface area contributed by atoms with E-state index in [0.29, 0.717) is 12.1 Å². The lowest BCUT2D eigenvalue weighted by Crippen LogP contribution is -2.17. The van der Waals surface area contributed by atoms with Gasteiger partial charge in [0.15, 0.2) is 0 Å². The average molecular weight is 308 g/mol. The maximum Gasteiger partial charge on any atom is 0.251 e. The van der Waals surface area contributed by atoms with E-state index in [-0.39, 0.29) is 5.91 Å².